The summed E-state index contributed by atoms with van der Waals surface area (Å²) in [5.74, 6) is -0.277. The second-order valence-electron chi connectivity index (χ2n) is 5.87. The molecule has 2 heterocycles. The smallest absolute Gasteiger partial charge is 0.417 e. The topological polar surface area (TPSA) is 51.7 Å². The average molecular weight is 366 g/mol. The van der Waals surface area contributed by atoms with Crippen LogP contribution in [0.1, 0.15) is 22.3 Å². The van der Waals surface area contributed by atoms with Gasteiger partial charge in [0.05, 0.1) is 30.5 Å². The molecule has 0 N–H and O–H groups in total. The van der Waals surface area contributed by atoms with Crippen LogP contribution in [0.2, 0.25) is 0 Å². The number of carbonyl (C=O) groups is 1. The van der Waals surface area contributed by atoms with Crippen molar-refractivity contribution in [3.8, 4) is 5.88 Å². The standard InChI is InChI=1S/C18H17F3N2O3/c1-25-17(24)14-4-2-3-5-15(14)23-9-8-13(11-23)26-16-7-6-12(10-22-16)18(19,20)21/h2-7,10,13H,8-9,11H2,1H3/t13-/m0/s1. The lowest BCUT2D eigenvalue weighted by molar-refractivity contribution is -0.137. The van der Waals surface area contributed by atoms with Gasteiger partial charge in [0.15, 0.2) is 0 Å². The van der Waals surface area contributed by atoms with Crippen molar-refractivity contribution < 1.29 is 27.4 Å². The predicted octanol–water partition coefficient (Wildman–Crippen LogP) is 3.54. The first-order valence-electron chi connectivity index (χ1n) is 8.00. The van der Waals surface area contributed by atoms with Crippen molar-refractivity contribution >= 4 is 11.7 Å². The van der Waals surface area contributed by atoms with Crippen LogP contribution in [0, 0.1) is 0 Å². The molecule has 26 heavy (non-hydrogen) atoms. The molecule has 0 saturated carbocycles. The minimum absolute atomic E-state index is 0.145. The summed E-state index contributed by atoms with van der Waals surface area (Å²) in [4.78, 5) is 17.6. The Balaban J connectivity index is 1.67. The zero-order chi connectivity index (χ0) is 18.7. The van der Waals surface area contributed by atoms with E-state index in [2.05, 4.69) is 4.98 Å². The maximum atomic E-state index is 12.6. The first-order valence-corrected chi connectivity index (χ1v) is 8.00. The van der Waals surface area contributed by atoms with Crippen molar-refractivity contribution in [1.82, 2.24) is 4.98 Å². The molecule has 138 valence electrons. The van der Waals surface area contributed by atoms with Crippen LogP contribution in [0.3, 0.4) is 0 Å². The molecule has 5 nitrogen and oxygen atoms in total. The molecule has 1 aromatic heterocycles. The summed E-state index contributed by atoms with van der Waals surface area (Å²) >= 11 is 0. The maximum absolute atomic E-state index is 12.6. The number of esters is 1. The third kappa shape index (κ3) is 3.89. The largest absolute Gasteiger partial charge is 0.472 e. The predicted molar refractivity (Wildman–Crippen MR) is 88.3 cm³/mol. The lowest BCUT2D eigenvalue weighted by Crippen LogP contribution is -2.26. The van der Waals surface area contributed by atoms with E-state index >= 15 is 0 Å². The number of carbonyl (C=O) groups excluding carboxylic acids is 1. The number of halogens is 3. The van der Waals surface area contributed by atoms with Crippen LogP contribution in [0.5, 0.6) is 5.88 Å². The fraction of sp³-hybridized carbons (Fsp3) is 0.333. The van der Waals surface area contributed by atoms with E-state index in [4.69, 9.17) is 9.47 Å². The summed E-state index contributed by atoms with van der Waals surface area (Å²) in [7, 11) is 1.32. The van der Waals surface area contributed by atoms with E-state index in [9.17, 15) is 18.0 Å². The fourth-order valence-corrected chi connectivity index (χ4v) is 2.86. The van der Waals surface area contributed by atoms with Crippen LogP contribution < -0.4 is 9.64 Å². The molecule has 0 aliphatic carbocycles. The van der Waals surface area contributed by atoms with Crippen LogP contribution in [0.25, 0.3) is 0 Å². The quantitative estimate of drug-likeness (QED) is 0.775. The van der Waals surface area contributed by atoms with Crippen LogP contribution in [-0.2, 0) is 10.9 Å². The van der Waals surface area contributed by atoms with Crippen molar-refractivity contribution in [1.29, 1.82) is 0 Å². The average Bonchev–Trinajstić information content (AvgIpc) is 3.09. The number of hydrogen-bond acceptors (Lipinski definition) is 5. The van der Waals surface area contributed by atoms with E-state index in [0.717, 1.165) is 18.0 Å². The van der Waals surface area contributed by atoms with Gasteiger partial charge in [0, 0.05) is 25.2 Å². The molecule has 0 radical (unpaired) electrons. The van der Waals surface area contributed by atoms with Gasteiger partial charge in [-0.3, -0.25) is 0 Å². The Kier molecular flexibility index (Phi) is 5.01. The van der Waals surface area contributed by atoms with Gasteiger partial charge in [0.1, 0.15) is 6.10 Å². The Labute approximate surface area is 148 Å². The van der Waals surface area contributed by atoms with Gasteiger partial charge in [-0.15, -0.1) is 0 Å². The van der Waals surface area contributed by atoms with E-state index in [1.807, 2.05) is 17.0 Å². The zero-order valence-electron chi connectivity index (χ0n) is 14.0. The Hall–Kier alpha value is -2.77. The van der Waals surface area contributed by atoms with Gasteiger partial charge < -0.3 is 14.4 Å². The summed E-state index contributed by atoms with van der Waals surface area (Å²) < 4.78 is 48.2. The van der Waals surface area contributed by atoms with Gasteiger partial charge in [-0.05, 0) is 18.2 Å². The molecule has 1 aromatic carbocycles. The molecule has 1 fully saturated rings. The van der Waals surface area contributed by atoms with Gasteiger partial charge in [0.2, 0.25) is 5.88 Å². The van der Waals surface area contributed by atoms with E-state index < -0.39 is 17.7 Å². The molecule has 1 atom stereocenters. The number of aromatic nitrogens is 1. The summed E-state index contributed by atoms with van der Waals surface area (Å²) in [6, 6.07) is 9.26. The van der Waals surface area contributed by atoms with E-state index in [0.29, 0.717) is 25.1 Å². The van der Waals surface area contributed by atoms with Crippen molar-refractivity contribution in [2.75, 3.05) is 25.1 Å². The lowest BCUT2D eigenvalue weighted by Gasteiger charge is -2.21. The van der Waals surface area contributed by atoms with Crippen LogP contribution in [0.4, 0.5) is 18.9 Å². The molecule has 8 heteroatoms. The number of pyridine rings is 1. The van der Waals surface area contributed by atoms with Crippen LogP contribution >= 0.6 is 0 Å². The molecule has 0 amide bonds. The van der Waals surface area contributed by atoms with Gasteiger partial charge in [0.25, 0.3) is 0 Å². The molecule has 3 rings (SSSR count). The lowest BCUT2D eigenvalue weighted by atomic mass is 10.1. The third-order valence-corrected chi connectivity index (χ3v) is 4.15. The normalized spacial score (nSPS) is 17.2. The van der Waals surface area contributed by atoms with Crippen molar-refractivity contribution in [3.63, 3.8) is 0 Å². The molecule has 1 aliphatic rings. The third-order valence-electron chi connectivity index (χ3n) is 4.15. The highest BCUT2D eigenvalue weighted by Crippen LogP contribution is 2.30. The summed E-state index contributed by atoms with van der Waals surface area (Å²) in [6.45, 7) is 1.15. The molecule has 0 spiro atoms. The molecule has 1 aliphatic heterocycles. The van der Waals surface area contributed by atoms with Crippen LogP contribution in [0.15, 0.2) is 42.6 Å². The molecule has 2 aromatic rings. The van der Waals surface area contributed by atoms with Gasteiger partial charge in [-0.25, -0.2) is 9.78 Å². The highest BCUT2D eigenvalue weighted by Gasteiger charge is 2.31. The van der Waals surface area contributed by atoms with Gasteiger partial charge >= 0.3 is 12.1 Å². The first-order chi connectivity index (χ1) is 12.4. The minimum Gasteiger partial charge on any atom is -0.472 e. The number of methoxy groups -OCH3 is 1. The van der Waals surface area contributed by atoms with Crippen molar-refractivity contribution in [3.05, 3.63) is 53.7 Å². The maximum Gasteiger partial charge on any atom is 0.417 e. The summed E-state index contributed by atoms with van der Waals surface area (Å²) in [5.41, 5.74) is 0.388. The van der Waals surface area contributed by atoms with Gasteiger partial charge in [-0.2, -0.15) is 13.2 Å². The summed E-state index contributed by atoms with van der Waals surface area (Å²) in [5, 5.41) is 0. The van der Waals surface area contributed by atoms with E-state index in [1.165, 1.54) is 13.2 Å². The van der Waals surface area contributed by atoms with Crippen molar-refractivity contribution in [2.24, 2.45) is 0 Å². The summed E-state index contributed by atoms with van der Waals surface area (Å²) in [6.07, 6.45) is -3.23. The Morgan fingerprint density at radius 2 is 2.00 bits per heavy atom. The molecular formula is C18H17F3N2O3. The number of anilines is 1. The SMILES string of the molecule is COC(=O)c1ccccc1N1CC[C@H](Oc2ccc(C(F)(F)F)cn2)C1. The highest BCUT2D eigenvalue weighted by molar-refractivity contribution is 5.95. The number of ether oxygens (including phenoxy) is 2. The Morgan fingerprint density at radius 3 is 2.65 bits per heavy atom. The Bertz CT molecular complexity index is 778. The number of benzene rings is 1. The van der Waals surface area contributed by atoms with E-state index in [1.54, 1.807) is 12.1 Å². The Morgan fingerprint density at radius 1 is 1.23 bits per heavy atom. The fourth-order valence-electron chi connectivity index (χ4n) is 2.86. The molecule has 0 unspecified atom stereocenters. The highest BCUT2D eigenvalue weighted by atomic mass is 19.4. The second-order valence-corrected chi connectivity index (χ2v) is 5.87. The van der Waals surface area contributed by atoms with E-state index in [-0.39, 0.29) is 12.0 Å². The molecular weight excluding hydrogens is 349 g/mol. The van der Waals surface area contributed by atoms with Gasteiger partial charge in [-0.1, -0.05) is 12.1 Å². The molecule has 1 saturated heterocycles. The second kappa shape index (κ2) is 7.23. The number of rotatable bonds is 4. The molecule has 0 bridgehead atoms. The number of nitrogens with zero attached hydrogens (tertiary/aromatic N) is 2. The van der Waals surface area contributed by atoms with Crippen LogP contribution in [-0.4, -0.2) is 37.3 Å². The zero-order valence-corrected chi connectivity index (χ0v) is 14.0. The number of hydrogen-bond donors (Lipinski definition) is 0. The number of alkyl halides is 3. The van der Waals surface area contributed by atoms with Crippen molar-refractivity contribution in [2.45, 2.75) is 18.7 Å². The minimum atomic E-state index is -4.42. The number of para-hydroxylation sites is 1. The first kappa shape index (κ1) is 18.0. The monoisotopic (exact) mass is 366 g/mol.